The third kappa shape index (κ3) is 1.60. The van der Waals surface area contributed by atoms with Gasteiger partial charge in [-0.2, -0.15) is 5.26 Å². The van der Waals surface area contributed by atoms with Crippen molar-refractivity contribution in [2.45, 2.75) is 12.8 Å². The Morgan fingerprint density at radius 1 is 1.50 bits per heavy atom. The van der Waals surface area contributed by atoms with Gasteiger partial charge in [-0.05, 0) is 18.8 Å². The highest BCUT2D eigenvalue weighted by Crippen LogP contribution is 2.25. The molecule has 0 aromatic heterocycles. The van der Waals surface area contributed by atoms with Gasteiger partial charge in [0.05, 0.1) is 12.0 Å². The summed E-state index contributed by atoms with van der Waals surface area (Å²) in [5.41, 5.74) is 0. The molecule has 0 aromatic rings. The van der Waals surface area contributed by atoms with Crippen molar-refractivity contribution in [3.63, 3.8) is 0 Å². The quantitative estimate of drug-likeness (QED) is 0.471. The van der Waals surface area contributed by atoms with Crippen molar-refractivity contribution in [1.82, 2.24) is 0 Å². The molecule has 0 saturated heterocycles. The standard InChI is InChI=1S/C8H10BrN/c9-5-7-3-1-2-4-8(7)6-10/h1-2,7-8H,3-5H2. The molecule has 0 fully saturated rings. The molecular formula is C8H10BrN. The normalized spacial score (nSPS) is 31.6. The minimum Gasteiger partial charge on any atom is -0.198 e. The first-order valence-electron chi connectivity index (χ1n) is 3.49. The minimum atomic E-state index is 0.240. The van der Waals surface area contributed by atoms with Gasteiger partial charge in [-0.25, -0.2) is 0 Å². The Morgan fingerprint density at radius 3 is 2.70 bits per heavy atom. The lowest BCUT2D eigenvalue weighted by Crippen LogP contribution is -2.15. The van der Waals surface area contributed by atoms with Crippen LogP contribution in [-0.4, -0.2) is 5.33 Å². The van der Waals surface area contributed by atoms with E-state index in [1.807, 2.05) is 0 Å². The van der Waals surface area contributed by atoms with E-state index in [4.69, 9.17) is 5.26 Å². The maximum Gasteiger partial charge on any atom is 0.0662 e. The molecule has 0 spiro atoms. The molecule has 0 heterocycles. The van der Waals surface area contributed by atoms with Gasteiger partial charge in [0.2, 0.25) is 0 Å². The second-order valence-electron chi connectivity index (χ2n) is 2.59. The van der Waals surface area contributed by atoms with E-state index in [0.29, 0.717) is 5.92 Å². The van der Waals surface area contributed by atoms with Crippen molar-refractivity contribution in [2.24, 2.45) is 11.8 Å². The van der Waals surface area contributed by atoms with Crippen molar-refractivity contribution >= 4 is 15.9 Å². The lowest BCUT2D eigenvalue weighted by molar-refractivity contribution is 0.439. The molecule has 0 aromatic carbocycles. The Labute approximate surface area is 69.9 Å². The molecule has 54 valence electrons. The number of rotatable bonds is 1. The third-order valence-corrected chi connectivity index (χ3v) is 2.76. The van der Waals surface area contributed by atoms with Crippen molar-refractivity contribution in [1.29, 1.82) is 5.26 Å². The number of nitriles is 1. The van der Waals surface area contributed by atoms with E-state index in [1.165, 1.54) is 0 Å². The van der Waals surface area contributed by atoms with Crippen LogP contribution in [0.1, 0.15) is 12.8 Å². The highest BCUT2D eigenvalue weighted by molar-refractivity contribution is 9.09. The smallest absolute Gasteiger partial charge is 0.0662 e. The molecule has 0 bridgehead atoms. The number of alkyl halides is 1. The molecule has 2 unspecified atom stereocenters. The van der Waals surface area contributed by atoms with Crippen LogP contribution in [0.15, 0.2) is 12.2 Å². The predicted molar refractivity (Wildman–Crippen MR) is 44.8 cm³/mol. The zero-order valence-corrected chi connectivity index (χ0v) is 7.34. The molecule has 10 heavy (non-hydrogen) atoms. The first-order valence-corrected chi connectivity index (χ1v) is 4.61. The van der Waals surface area contributed by atoms with Gasteiger partial charge < -0.3 is 0 Å². The highest BCUT2D eigenvalue weighted by Gasteiger charge is 2.20. The van der Waals surface area contributed by atoms with E-state index in [0.717, 1.165) is 18.2 Å². The van der Waals surface area contributed by atoms with E-state index >= 15 is 0 Å². The second kappa shape index (κ2) is 3.78. The fourth-order valence-electron chi connectivity index (χ4n) is 1.20. The fraction of sp³-hybridized carbons (Fsp3) is 0.625. The summed E-state index contributed by atoms with van der Waals surface area (Å²) in [6.07, 6.45) is 6.27. The molecule has 0 aliphatic heterocycles. The SMILES string of the molecule is N#CC1CC=CCC1CBr. The third-order valence-electron chi connectivity index (χ3n) is 1.93. The van der Waals surface area contributed by atoms with E-state index in [2.05, 4.69) is 34.2 Å². The van der Waals surface area contributed by atoms with Crippen molar-refractivity contribution in [3.05, 3.63) is 12.2 Å². The van der Waals surface area contributed by atoms with Crippen molar-refractivity contribution in [3.8, 4) is 6.07 Å². The van der Waals surface area contributed by atoms with Crippen LogP contribution < -0.4 is 0 Å². The Hall–Kier alpha value is -0.290. The topological polar surface area (TPSA) is 23.8 Å². The molecule has 1 aliphatic rings. The largest absolute Gasteiger partial charge is 0.198 e. The summed E-state index contributed by atoms with van der Waals surface area (Å²) in [5, 5.41) is 9.64. The Morgan fingerprint density at radius 2 is 2.20 bits per heavy atom. The molecule has 0 N–H and O–H groups in total. The van der Waals surface area contributed by atoms with Crippen LogP contribution >= 0.6 is 15.9 Å². The van der Waals surface area contributed by atoms with Crippen LogP contribution in [0.3, 0.4) is 0 Å². The zero-order valence-electron chi connectivity index (χ0n) is 5.76. The average molecular weight is 200 g/mol. The Bertz CT molecular complexity index is 169. The molecule has 0 saturated carbocycles. The number of halogens is 1. The molecule has 2 heteroatoms. The molecule has 1 rings (SSSR count). The van der Waals surface area contributed by atoms with Gasteiger partial charge in [-0.15, -0.1) is 0 Å². The van der Waals surface area contributed by atoms with E-state index in [1.54, 1.807) is 0 Å². The summed E-state index contributed by atoms with van der Waals surface area (Å²) in [6, 6.07) is 2.32. The van der Waals surface area contributed by atoms with Gasteiger partial charge in [0.15, 0.2) is 0 Å². The fourth-order valence-corrected chi connectivity index (χ4v) is 1.91. The van der Waals surface area contributed by atoms with Crippen LogP contribution in [0.25, 0.3) is 0 Å². The maximum absolute atomic E-state index is 8.69. The number of hydrogen-bond donors (Lipinski definition) is 0. The molecule has 2 atom stereocenters. The van der Waals surface area contributed by atoms with E-state index in [-0.39, 0.29) is 5.92 Å². The first-order chi connectivity index (χ1) is 4.88. The minimum absolute atomic E-state index is 0.240. The van der Waals surface area contributed by atoms with E-state index in [9.17, 15) is 0 Å². The summed E-state index contributed by atoms with van der Waals surface area (Å²) < 4.78 is 0. The number of nitrogens with zero attached hydrogens (tertiary/aromatic N) is 1. The highest BCUT2D eigenvalue weighted by atomic mass is 79.9. The molecule has 1 nitrogen and oxygen atoms in total. The monoisotopic (exact) mass is 199 g/mol. The number of allylic oxidation sites excluding steroid dienone is 2. The lowest BCUT2D eigenvalue weighted by Gasteiger charge is -2.20. The zero-order chi connectivity index (χ0) is 7.40. The molecule has 0 radical (unpaired) electrons. The first kappa shape index (κ1) is 7.81. The summed E-state index contributed by atoms with van der Waals surface area (Å²) in [5.74, 6) is 0.777. The Balaban J connectivity index is 2.55. The van der Waals surface area contributed by atoms with Gasteiger partial charge in [0.1, 0.15) is 0 Å². The second-order valence-corrected chi connectivity index (χ2v) is 3.24. The van der Waals surface area contributed by atoms with Gasteiger partial charge >= 0.3 is 0 Å². The Kier molecular flexibility index (Phi) is 2.95. The average Bonchev–Trinajstić information content (AvgIpc) is 2.04. The van der Waals surface area contributed by atoms with Crippen molar-refractivity contribution < 1.29 is 0 Å². The van der Waals surface area contributed by atoms with Crippen LogP contribution in [-0.2, 0) is 0 Å². The van der Waals surface area contributed by atoms with Crippen molar-refractivity contribution in [2.75, 3.05) is 5.33 Å². The van der Waals surface area contributed by atoms with Crippen LogP contribution in [0.2, 0.25) is 0 Å². The summed E-state index contributed by atoms with van der Waals surface area (Å²) in [6.45, 7) is 0. The maximum atomic E-state index is 8.69. The van der Waals surface area contributed by atoms with Gasteiger partial charge in [-0.3, -0.25) is 0 Å². The molecule has 0 amide bonds. The van der Waals surface area contributed by atoms with Crippen LogP contribution in [0.4, 0.5) is 0 Å². The number of hydrogen-bond acceptors (Lipinski definition) is 1. The summed E-state index contributed by atoms with van der Waals surface area (Å²) in [7, 11) is 0. The molecular weight excluding hydrogens is 190 g/mol. The van der Waals surface area contributed by atoms with Crippen LogP contribution in [0.5, 0.6) is 0 Å². The van der Waals surface area contributed by atoms with Gasteiger partial charge in [-0.1, -0.05) is 28.1 Å². The summed E-state index contributed by atoms with van der Waals surface area (Å²) >= 11 is 3.41. The predicted octanol–water partition coefficient (Wildman–Crippen LogP) is 2.49. The molecule has 1 aliphatic carbocycles. The lowest BCUT2D eigenvalue weighted by atomic mass is 9.86. The van der Waals surface area contributed by atoms with E-state index < -0.39 is 0 Å². The summed E-state index contributed by atoms with van der Waals surface area (Å²) in [4.78, 5) is 0. The van der Waals surface area contributed by atoms with Gasteiger partial charge in [0.25, 0.3) is 0 Å². The van der Waals surface area contributed by atoms with Gasteiger partial charge in [0, 0.05) is 5.33 Å². The van der Waals surface area contributed by atoms with Crippen LogP contribution in [0, 0.1) is 23.2 Å².